The van der Waals surface area contributed by atoms with Crippen molar-refractivity contribution in [1.82, 2.24) is 9.88 Å². The van der Waals surface area contributed by atoms with Gasteiger partial charge in [0.25, 0.3) is 11.5 Å². The van der Waals surface area contributed by atoms with Crippen molar-refractivity contribution in [2.75, 3.05) is 6.54 Å². The van der Waals surface area contributed by atoms with Gasteiger partial charge in [0, 0.05) is 28.8 Å². The molecule has 1 atom stereocenters. The molecule has 5 nitrogen and oxygen atoms in total. The number of aromatic nitrogens is 1. The van der Waals surface area contributed by atoms with E-state index in [1.54, 1.807) is 36.4 Å². The third-order valence-corrected chi connectivity index (χ3v) is 4.86. The molecule has 0 radical (unpaired) electrons. The lowest BCUT2D eigenvalue weighted by atomic mass is 10.0. The fourth-order valence-electron chi connectivity index (χ4n) is 2.83. The maximum Gasteiger partial charge on any atom is 0.251 e. The fourth-order valence-corrected chi connectivity index (χ4v) is 3.10. The highest BCUT2D eigenvalue weighted by Crippen LogP contribution is 2.17. The number of carbonyl (C=O) groups is 2. The lowest BCUT2D eigenvalue weighted by Gasteiger charge is -2.18. The van der Waals surface area contributed by atoms with Gasteiger partial charge in [-0.25, -0.2) is 0 Å². The lowest BCUT2D eigenvalue weighted by Crippen LogP contribution is -2.41. The standard InChI is InChI=1S/C21H25BrN2O3/c1-2-3-4-5-7-14-23-21(27)19(24-15-8-6-9-18(24)25)20(26)16-10-12-17(22)13-11-16/h6,8-13,15,19H,2-5,7,14H2,1H3,(H,23,27). The molecule has 0 aliphatic heterocycles. The van der Waals surface area contributed by atoms with Gasteiger partial charge in [-0.2, -0.15) is 0 Å². The lowest BCUT2D eigenvalue weighted by molar-refractivity contribution is -0.123. The van der Waals surface area contributed by atoms with Gasteiger partial charge in [0.15, 0.2) is 11.8 Å². The second kappa shape index (κ2) is 10.8. The van der Waals surface area contributed by atoms with Crippen molar-refractivity contribution in [2.24, 2.45) is 0 Å². The Morgan fingerprint density at radius 2 is 1.74 bits per heavy atom. The third kappa shape index (κ3) is 6.17. The van der Waals surface area contributed by atoms with Crippen LogP contribution in [0.25, 0.3) is 0 Å². The number of pyridine rings is 1. The fraction of sp³-hybridized carbons (Fsp3) is 0.381. The Kier molecular flexibility index (Phi) is 8.45. The Labute approximate surface area is 167 Å². The zero-order valence-corrected chi connectivity index (χ0v) is 17.1. The monoisotopic (exact) mass is 432 g/mol. The van der Waals surface area contributed by atoms with E-state index in [2.05, 4.69) is 28.2 Å². The summed E-state index contributed by atoms with van der Waals surface area (Å²) in [5.74, 6) is -0.856. The van der Waals surface area contributed by atoms with Crippen molar-refractivity contribution in [2.45, 2.75) is 45.1 Å². The highest BCUT2D eigenvalue weighted by molar-refractivity contribution is 9.10. The summed E-state index contributed by atoms with van der Waals surface area (Å²) in [6.07, 6.45) is 6.83. The van der Waals surface area contributed by atoms with E-state index in [1.165, 1.54) is 23.3 Å². The van der Waals surface area contributed by atoms with Crippen LogP contribution in [-0.4, -0.2) is 22.8 Å². The molecule has 144 valence electrons. The highest BCUT2D eigenvalue weighted by Gasteiger charge is 2.29. The SMILES string of the molecule is CCCCCCCNC(=O)C(C(=O)c1ccc(Br)cc1)n1ccccc1=O. The predicted octanol–water partition coefficient (Wildman–Crippen LogP) is 4.12. The van der Waals surface area contributed by atoms with Crippen molar-refractivity contribution in [3.63, 3.8) is 0 Å². The van der Waals surface area contributed by atoms with Crippen molar-refractivity contribution < 1.29 is 9.59 Å². The van der Waals surface area contributed by atoms with E-state index in [0.29, 0.717) is 12.1 Å². The molecule has 0 fully saturated rings. The van der Waals surface area contributed by atoms with Gasteiger partial charge in [-0.15, -0.1) is 0 Å². The number of halogens is 1. The van der Waals surface area contributed by atoms with Crippen LogP contribution in [0.4, 0.5) is 0 Å². The first-order chi connectivity index (χ1) is 13.0. The van der Waals surface area contributed by atoms with Gasteiger partial charge >= 0.3 is 0 Å². The van der Waals surface area contributed by atoms with Gasteiger partial charge in [-0.3, -0.25) is 19.0 Å². The molecule has 0 aliphatic rings. The van der Waals surface area contributed by atoms with Crippen molar-refractivity contribution >= 4 is 27.6 Å². The topological polar surface area (TPSA) is 68.2 Å². The molecule has 0 saturated heterocycles. The highest BCUT2D eigenvalue weighted by atomic mass is 79.9. The minimum atomic E-state index is -1.21. The van der Waals surface area contributed by atoms with Crippen LogP contribution in [0.3, 0.4) is 0 Å². The molecular weight excluding hydrogens is 408 g/mol. The average Bonchev–Trinajstić information content (AvgIpc) is 2.67. The first-order valence-corrected chi connectivity index (χ1v) is 10.1. The van der Waals surface area contributed by atoms with E-state index in [0.717, 1.165) is 30.2 Å². The molecule has 0 aliphatic carbocycles. The smallest absolute Gasteiger partial charge is 0.251 e. The second-order valence-corrected chi connectivity index (χ2v) is 7.34. The van der Waals surface area contributed by atoms with Crippen LogP contribution >= 0.6 is 15.9 Å². The number of nitrogens with one attached hydrogen (secondary N) is 1. The van der Waals surface area contributed by atoms with Crippen LogP contribution in [0.5, 0.6) is 0 Å². The Balaban J connectivity index is 2.16. The maximum atomic E-state index is 13.0. The molecule has 0 spiro atoms. The van der Waals surface area contributed by atoms with Crippen molar-refractivity contribution in [3.05, 3.63) is 69.1 Å². The number of hydrogen-bond donors (Lipinski definition) is 1. The van der Waals surface area contributed by atoms with Crippen LogP contribution in [0.15, 0.2) is 57.9 Å². The number of rotatable bonds is 10. The van der Waals surface area contributed by atoms with Crippen LogP contribution in [0, 0.1) is 0 Å². The number of benzene rings is 1. The average molecular weight is 433 g/mol. The van der Waals surface area contributed by atoms with Crippen LogP contribution < -0.4 is 10.9 Å². The van der Waals surface area contributed by atoms with Crippen LogP contribution in [-0.2, 0) is 4.79 Å². The van der Waals surface area contributed by atoms with Gasteiger partial charge in [0.05, 0.1) is 0 Å². The van der Waals surface area contributed by atoms with Gasteiger partial charge in [-0.1, -0.05) is 66.7 Å². The van der Waals surface area contributed by atoms with E-state index in [9.17, 15) is 14.4 Å². The van der Waals surface area contributed by atoms with Gasteiger partial charge < -0.3 is 5.32 Å². The molecule has 0 saturated carbocycles. The summed E-state index contributed by atoms with van der Waals surface area (Å²) >= 11 is 3.33. The van der Waals surface area contributed by atoms with E-state index in [-0.39, 0.29) is 5.56 Å². The molecule has 6 heteroatoms. The number of carbonyl (C=O) groups excluding carboxylic acids is 2. The van der Waals surface area contributed by atoms with Crippen LogP contribution in [0.1, 0.15) is 55.4 Å². The Bertz CT molecular complexity index is 815. The van der Waals surface area contributed by atoms with E-state index < -0.39 is 17.7 Å². The molecule has 1 amide bonds. The van der Waals surface area contributed by atoms with E-state index in [4.69, 9.17) is 0 Å². The third-order valence-electron chi connectivity index (χ3n) is 4.33. The number of nitrogens with zero attached hydrogens (tertiary/aromatic N) is 1. The summed E-state index contributed by atoms with van der Waals surface area (Å²) in [6.45, 7) is 2.64. The Morgan fingerprint density at radius 1 is 1.04 bits per heavy atom. The first-order valence-electron chi connectivity index (χ1n) is 9.29. The number of amides is 1. The quantitative estimate of drug-likeness (QED) is 0.348. The zero-order chi connectivity index (χ0) is 19.6. The predicted molar refractivity (Wildman–Crippen MR) is 110 cm³/mol. The molecule has 2 aromatic rings. The molecule has 1 aromatic carbocycles. The molecule has 1 aromatic heterocycles. The summed E-state index contributed by atoms with van der Waals surface area (Å²) in [7, 11) is 0. The molecule has 1 N–H and O–H groups in total. The summed E-state index contributed by atoms with van der Waals surface area (Å²) in [5, 5.41) is 2.82. The van der Waals surface area contributed by atoms with Crippen molar-refractivity contribution in [3.8, 4) is 0 Å². The summed E-state index contributed by atoms with van der Waals surface area (Å²) < 4.78 is 2.03. The first kappa shape index (κ1) is 21.1. The van der Waals surface area contributed by atoms with Gasteiger partial charge in [0.1, 0.15) is 0 Å². The second-order valence-electron chi connectivity index (χ2n) is 6.43. The minimum Gasteiger partial charge on any atom is -0.354 e. The number of ketones is 1. The minimum absolute atomic E-state index is 0.383. The Morgan fingerprint density at radius 3 is 2.41 bits per heavy atom. The summed E-state index contributed by atoms with van der Waals surface area (Å²) in [6, 6.07) is 10.1. The van der Waals surface area contributed by atoms with Gasteiger partial charge in [-0.05, 0) is 24.6 Å². The van der Waals surface area contributed by atoms with Gasteiger partial charge in [0.2, 0.25) is 0 Å². The Hall–Kier alpha value is -2.21. The number of Topliss-reactive ketones (excluding diaryl/α,β-unsaturated/α-hetero) is 1. The molecule has 0 bridgehead atoms. The normalized spacial score (nSPS) is 11.8. The summed E-state index contributed by atoms with van der Waals surface area (Å²) in [4.78, 5) is 38.0. The maximum absolute atomic E-state index is 13.0. The molecule has 27 heavy (non-hydrogen) atoms. The number of hydrogen-bond acceptors (Lipinski definition) is 3. The molecule has 1 heterocycles. The summed E-state index contributed by atoms with van der Waals surface area (Å²) in [5.41, 5.74) is 0.00288. The zero-order valence-electron chi connectivity index (χ0n) is 15.5. The molecular formula is C21H25BrN2O3. The molecule has 1 unspecified atom stereocenters. The number of unbranched alkanes of at least 4 members (excludes halogenated alkanes) is 4. The van der Waals surface area contributed by atoms with E-state index >= 15 is 0 Å². The molecule has 2 rings (SSSR count). The van der Waals surface area contributed by atoms with Crippen LogP contribution in [0.2, 0.25) is 0 Å². The van der Waals surface area contributed by atoms with E-state index in [1.807, 2.05) is 0 Å². The van der Waals surface area contributed by atoms with Crippen molar-refractivity contribution in [1.29, 1.82) is 0 Å². The largest absolute Gasteiger partial charge is 0.354 e.